The summed E-state index contributed by atoms with van der Waals surface area (Å²) in [6, 6.07) is 4.02. The number of methoxy groups -OCH3 is 1. The number of hydrogen-bond donors (Lipinski definition) is 2. The SMILES string of the molecule is COCCCOc1cc2c(cc1Cl)C1=CC(O)C(C(=O)O)=CN1N1[C@H]2CCC12CC2. The van der Waals surface area contributed by atoms with E-state index in [4.69, 9.17) is 21.1 Å². The van der Waals surface area contributed by atoms with Gasteiger partial charge in [0.1, 0.15) is 11.9 Å². The largest absolute Gasteiger partial charge is 0.492 e. The molecular weight excluding hydrogens is 408 g/mol. The van der Waals surface area contributed by atoms with Gasteiger partial charge in [-0.25, -0.2) is 9.80 Å². The molecule has 8 heteroatoms. The molecule has 0 aromatic heterocycles. The van der Waals surface area contributed by atoms with Crippen molar-refractivity contribution in [3.63, 3.8) is 0 Å². The zero-order chi connectivity index (χ0) is 21.0. The number of benzene rings is 1. The van der Waals surface area contributed by atoms with Crippen LogP contribution in [-0.4, -0.2) is 58.2 Å². The number of aliphatic hydroxyl groups is 1. The van der Waals surface area contributed by atoms with Crippen molar-refractivity contribution in [2.24, 2.45) is 0 Å². The Bertz CT molecular complexity index is 955. The van der Waals surface area contributed by atoms with E-state index in [0.29, 0.717) is 24.0 Å². The third-order valence-corrected chi connectivity index (χ3v) is 6.90. The summed E-state index contributed by atoms with van der Waals surface area (Å²) in [5, 5.41) is 24.7. The summed E-state index contributed by atoms with van der Waals surface area (Å²) in [5.41, 5.74) is 2.87. The van der Waals surface area contributed by atoms with Crippen molar-refractivity contribution >= 4 is 23.3 Å². The minimum Gasteiger partial charge on any atom is -0.492 e. The van der Waals surface area contributed by atoms with Crippen molar-refractivity contribution in [3.8, 4) is 5.75 Å². The lowest BCUT2D eigenvalue weighted by Gasteiger charge is -2.47. The molecule has 3 heterocycles. The van der Waals surface area contributed by atoms with Gasteiger partial charge in [-0.2, -0.15) is 0 Å². The Balaban J connectivity index is 1.57. The molecule has 4 aliphatic rings. The van der Waals surface area contributed by atoms with Crippen molar-refractivity contribution in [2.45, 2.75) is 49.8 Å². The molecule has 2 atom stereocenters. The van der Waals surface area contributed by atoms with E-state index in [-0.39, 0.29) is 17.2 Å². The van der Waals surface area contributed by atoms with E-state index >= 15 is 0 Å². The molecule has 30 heavy (non-hydrogen) atoms. The van der Waals surface area contributed by atoms with E-state index in [0.717, 1.165) is 48.9 Å². The average Bonchev–Trinajstić information content (AvgIpc) is 3.39. The number of nitrogens with zero attached hydrogens (tertiary/aromatic N) is 2. The van der Waals surface area contributed by atoms with E-state index in [9.17, 15) is 15.0 Å². The van der Waals surface area contributed by atoms with Crippen LogP contribution in [0.5, 0.6) is 5.75 Å². The summed E-state index contributed by atoms with van der Waals surface area (Å²) >= 11 is 6.54. The molecule has 1 saturated carbocycles. The Labute approximate surface area is 180 Å². The number of aliphatic hydroxyl groups excluding tert-OH is 1. The van der Waals surface area contributed by atoms with Gasteiger partial charge < -0.3 is 19.7 Å². The van der Waals surface area contributed by atoms with Crippen LogP contribution < -0.4 is 4.74 Å². The van der Waals surface area contributed by atoms with Gasteiger partial charge in [-0.1, -0.05) is 11.6 Å². The minimum absolute atomic E-state index is 0.0205. The summed E-state index contributed by atoms with van der Waals surface area (Å²) in [6.07, 6.45) is 7.03. The van der Waals surface area contributed by atoms with Gasteiger partial charge in [0, 0.05) is 37.4 Å². The molecule has 5 rings (SSSR count). The summed E-state index contributed by atoms with van der Waals surface area (Å²) < 4.78 is 11.0. The van der Waals surface area contributed by atoms with Crippen molar-refractivity contribution in [3.05, 3.63) is 46.1 Å². The first-order valence-electron chi connectivity index (χ1n) is 10.3. The minimum atomic E-state index is -1.17. The van der Waals surface area contributed by atoms with Crippen LogP contribution in [0.1, 0.15) is 49.3 Å². The van der Waals surface area contributed by atoms with Crippen LogP contribution in [0.2, 0.25) is 5.02 Å². The number of fused-ring (bicyclic) bond motifs is 7. The molecule has 2 fully saturated rings. The first-order valence-corrected chi connectivity index (χ1v) is 10.7. The van der Waals surface area contributed by atoms with Gasteiger partial charge >= 0.3 is 5.97 Å². The standard InChI is InChI=1S/C22H25ClN2O5/c1-29-7-2-8-30-20-10-14-13(9-16(20)23)18-11-19(26)15(21(27)28)12-24(18)25-17(14)3-4-22(25)5-6-22/h9-12,17,19,26H,2-8H2,1H3,(H,27,28)/t17-,19?/m0/s1. The molecule has 1 saturated heterocycles. The maximum Gasteiger partial charge on any atom is 0.336 e. The van der Waals surface area contributed by atoms with E-state index in [1.165, 1.54) is 0 Å². The fourth-order valence-electron chi connectivity index (χ4n) is 4.99. The Hall–Kier alpha value is -2.06. The number of rotatable bonds is 6. The van der Waals surface area contributed by atoms with Crippen LogP contribution >= 0.6 is 11.6 Å². The van der Waals surface area contributed by atoms with E-state index in [2.05, 4.69) is 5.01 Å². The maximum atomic E-state index is 11.7. The second kappa shape index (κ2) is 7.27. The smallest absolute Gasteiger partial charge is 0.336 e. The third kappa shape index (κ3) is 3.03. The van der Waals surface area contributed by atoms with Crippen molar-refractivity contribution in [2.75, 3.05) is 20.3 Å². The fourth-order valence-corrected chi connectivity index (χ4v) is 5.21. The molecule has 1 aliphatic carbocycles. The highest BCUT2D eigenvalue weighted by Crippen LogP contribution is 2.61. The topological polar surface area (TPSA) is 82.5 Å². The molecule has 0 amide bonds. The molecule has 7 nitrogen and oxygen atoms in total. The van der Waals surface area contributed by atoms with E-state index in [1.54, 1.807) is 19.4 Å². The number of carboxylic acid groups (broad SMARTS) is 1. The van der Waals surface area contributed by atoms with Gasteiger partial charge in [-0.3, -0.25) is 5.01 Å². The Morgan fingerprint density at radius 2 is 2.10 bits per heavy atom. The molecule has 1 spiro atoms. The van der Waals surface area contributed by atoms with E-state index < -0.39 is 12.1 Å². The van der Waals surface area contributed by atoms with Crippen LogP contribution in [0.3, 0.4) is 0 Å². The Morgan fingerprint density at radius 1 is 1.30 bits per heavy atom. The van der Waals surface area contributed by atoms with Crippen molar-refractivity contribution in [1.29, 1.82) is 0 Å². The van der Waals surface area contributed by atoms with Crippen LogP contribution in [0.4, 0.5) is 0 Å². The number of ether oxygens (including phenoxy) is 2. The van der Waals surface area contributed by atoms with Gasteiger partial charge in [-0.15, -0.1) is 0 Å². The normalized spacial score (nSPS) is 25.9. The number of halogens is 1. The molecule has 1 unspecified atom stereocenters. The summed E-state index contributed by atoms with van der Waals surface area (Å²) in [4.78, 5) is 11.7. The molecule has 3 aliphatic heterocycles. The predicted molar refractivity (Wildman–Crippen MR) is 111 cm³/mol. The number of carboxylic acids is 1. The van der Waals surface area contributed by atoms with Gasteiger partial charge in [0.25, 0.3) is 0 Å². The number of hydrazine groups is 1. The monoisotopic (exact) mass is 432 g/mol. The zero-order valence-corrected chi connectivity index (χ0v) is 17.6. The molecular formula is C22H25ClN2O5. The van der Waals surface area contributed by atoms with Gasteiger partial charge in [0.2, 0.25) is 0 Å². The summed E-state index contributed by atoms with van der Waals surface area (Å²) in [5.74, 6) is -0.461. The highest BCUT2D eigenvalue weighted by molar-refractivity contribution is 6.32. The molecule has 1 aromatic carbocycles. The highest BCUT2D eigenvalue weighted by atomic mass is 35.5. The summed E-state index contributed by atoms with van der Waals surface area (Å²) in [7, 11) is 1.66. The Morgan fingerprint density at radius 3 is 2.80 bits per heavy atom. The molecule has 2 N–H and O–H groups in total. The predicted octanol–water partition coefficient (Wildman–Crippen LogP) is 3.34. The fraction of sp³-hybridized carbons (Fsp3) is 0.500. The van der Waals surface area contributed by atoms with Crippen LogP contribution in [0.15, 0.2) is 30.0 Å². The van der Waals surface area contributed by atoms with Crippen LogP contribution in [-0.2, 0) is 9.53 Å². The lowest BCUT2D eigenvalue weighted by atomic mass is 9.91. The molecule has 0 bridgehead atoms. The van der Waals surface area contributed by atoms with Crippen LogP contribution in [0.25, 0.3) is 5.70 Å². The first kappa shape index (κ1) is 19.9. The first-order chi connectivity index (χ1) is 14.4. The maximum absolute atomic E-state index is 11.7. The number of aliphatic carboxylic acids is 1. The lowest BCUT2D eigenvalue weighted by Crippen LogP contribution is -2.49. The second-order valence-corrected chi connectivity index (χ2v) is 8.83. The average molecular weight is 433 g/mol. The second-order valence-electron chi connectivity index (χ2n) is 8.42. The van der Waals surface area contributed by atoms with Gasteiger partial charge in [-0.05, 0) is 49.5 Å². The molecule has 160 valence electrons. The van der Waals surface area contributed by atoms with Gasteiger partial charge in [0.15, 0.2) is 0 Å². The summed E-state index contributed by atoms with van der Waals surface area (Å²) in [6.45, 7) is 1.14. The highest BCUT2D eigenvalue weighted by Gasteiger charge is 2.59. The third-order valence-electron chi connectivity index (χ3n) is 6.60. The quantitative estimate of drug-likeness (QED) is 0.667. The van der Waals surface area contributed by atoms with Crippen LogP contribution in [0, 0.1) is 0 Å². The lowest BCUT2D eigenvalue weighted by molar-refractivity contribution is -0.133. The van der Waals surface area contributed by atoms with Crippen molar-refractivity contribution in [1.82, 2.24) is 10.0 Å². The molecule has 1 aromatic rings. The number of hydrogen-bond acceptors (Lipinski definition) is 6. The zero-order valence-electron chi connectivity index (χ0n) is 16.8. The Kier molecular flexibility index (Phi) is 4.82. The molecule has 0 radical (unpaired) electrons. The number of carbonyl (C=O) groups is 1. The van der Waals surface area contributed by atoms with Gasteiger partial charge in [0.05, 0.1) is 28.9 Å². The van der Waals surface area contributed by atoms with E-state index in [1.807, 2.05) is 17.1 Å². The van der Waals surface area contributed by atoms with Crippen molar-refractivity contribution < 1.29 is 24.5 Å².